The fourth-order valence-electron chi connectivity index (χ4n) is 1.80. The third-order valence-corrected chi connectivity index (χ3v) is 2.90. The molecular formula is C11H8ClN3O2. The zero-order chi connectivity index (χ0) is 12.0. The summed E-state index contributed by atoms with van der Waals surface area (Å²) in [7, 11) is 0. The Bertz CT molecular complexity index is 708. The van der Waals surface area contributed by atoms with E-state index in [0.717, 1.165) is 11.0 Å². The predicted octanol–water partition coefficient (Wildman–Crippen LogP) is 1.52. The Morgan fingerprint density at radius 1 is 1.24 bits per heavy atom. The van der Waals surface area contributed by atoms with Gasteiger partial charge in [0.15, 0.2) is 11.4 Å². The van der Waals surface area contributed by atoms with E-state index in [0.29, 0.717) is 16.2 Å². The second-order valence-corrected chi connectivity index (χ2v) is 4.03. The van der Waals surface area contributed by atoms with Crippen molar-refractivity contribution >= 4 is 28.2 Å². The summed E-state index contributed by atoms with van der Waals surface area (Å²) in [4.78, 5) is 8.21. The number of aliphatic hydroxyl groups is 2. The number of hydrogen-bond acceptors (Lipinski definition) is 4. The second kappa shape index (κ2) is 3.66. The zero-order valence-electron chi connectivity index (χ0n) is 8.58. The molecule has 0 amide bonds. The molecule has 3 aromatic rings. The standard InChI is InChI=1S/C11H8ClN3O2/c12-10-9-4-13-5-15(9)8-2-1-6(11(16)17)3-7(8)14-10/h1-5,11,16-17H. The van der Waals surface area contributed by atoms with E-state index >= 15 is 0 Å². The first-order valence-electron chi connectivity index (χ1n) is 4.94. The molecular weight excluding hydrogens is 242 g/mol. The van der Waals surface area contributed by atoms with Gasteiger partial charge in [0.05, 0.1) is 23.6 Å². The van der Waals surface area contributed by atoms with E-state index in [1.807, 2.05) is 0 Å². The average molecular weight is 250 g/mol. The Labute approximate surface area is 101 Å². The summed E-state index contributed by atoms with van der Waals surface area (Å²) in [6.45, 7) is 0. The van der Waals surface area contributed by atoms with E-state index in [9.17, 15) is 0 Å². The normalized spacial score (nSPS) is 11.8. The highest BCUT2D eigenvalue weighted by molar-refractivity contribution is 6.33. The fraction of sp³-hybridized carbons (Fsp3) is 0.0909. The number of aromatic nitrogens is 3. The van der Waals surface area contributed by atoms with Crippen LogP contribution in [0.15, 0.2) is 30.7 Å². The summed E-state index contributed by atoms with van der Waals surface area (Å²) in [6, 6.07) is 4.97. The van der Waals surface area contributed by atoms with Crippen LogP contribution in [0, 0.1) is 0 Å². The molecule has 0 fully saturated rings. The molecule has 1 aromatic carbocycles. The Kier molecular flexibility index (Phi) is 2.25. The molecule has 0 bridgehead atoms. The maximum atomic E-state index is 9.10. The second-order valence-electron chi connectivity index (χ2n) is 3.67. The molecule has 6 heteroatoms. The van der Waals surface area contributed by atoms with E-state index in [1.165, 1.54) is 0 Å². The molecule has 17 heavy (non-hydrogen) atoms. The van der Waals surface area contributed by atoms with E-state index in [-0.39, 0.29) is 0 Å². The monoisotopic (exact) mass is 249 g/mol. The van der Waals surface area contributed by atoms with Gasteiger partial charge in [-0.25, -0.2) is 9.97 Å². The van der Waals surface area contributed by atoms with Crippen molar-refractivity contribution in [3.63, 3.8) is 0 Å². The smallest absolute Gasteiger partial charge is 0.178 e. The minimum atomic E-state index is -1.52. The van der Waals surface area contributed by atoms with Gasteiger partial charge in [-0.05, 0) is 12.1 Å². The van der Waals surface area contributed by atoms with E-state index in [4.69, 9.17) is 21.8 Å². The van der Waals surface area contributed by atoms with Crippen molar-refractivity contribution in [2.45, 2.75) is 6.29 Å². The third kappa shape index (κ3) is 1.56. The van der Waals surface area contributed by atoms with Gasteiger partial charge in [0, 0.05) is 5.56 Å². The SMILES string of the molecule is OC(O)c1ccc2c(c1)nc(Cl)c1cncn12. The number of imidazole rings is 1. The molecule has 0 atom stereocenters. The van der Waals surface area contributed by atoms with Crippen molar-refractivity contribution in [2.24, 2.45) is 0 Å². The van der Waals surface area contributed by atoms with E-state index < -0.39 is 6.29 Å². The third-order valence-electron chi connectivity index (χ3n) is 2.63. The van der Waals surface area contributed by atoms with Crippen molar-refractivity contribution < 1.29 is 10.2 Å². The lowest BCUT2D eigenvalue weighted by Gasteiger charge is -2.07. The molecule has 2 N–H and O–H groups in total. The highest BCUT2D eigenvalue weighted by Crippen LogP contribution is 2.23. The van der Waals surface area contributed by atoms with Gasteiger partial charge < -0.3 is 10.2 Å². The van der Waals surface area contributed by atoms with Crippen LogP contribution in [0.2, 0.25) is 5.15 Å². The summed E-state index contributed by atoms with van der Waals surface area (Å²) >= 11 is 6.01. The van der Waals surface area contributed by atoms with Crippen LogP contribution in [0.4, 0.5) is 0 Å². The molecule has 2 heterocycles. The molecule has 3 rings (SSSR count). The van der Waals surface area contributed by atoms with Gasteiger partial charge in [0.25, 0.3) is 0 Å². The molecule has 0 unspecified atom stereocenters. The number of hydrogen-bond donors (Lipinski definition) is 2. The minimum absolute atomic E-state index is 0.333. The summed E-state index contributed by atoms with van der Waals surface area (Å²) < 4.78 is 1.80. The van der Waals surface area contributed by atoms with Gasteiger partial charge in [0.2, 0.25) is 0 Å². The van der Waals surface area contributed by atoms with Crippen LogP contribution in [-0.4, -0.2) is 24.6 Å². The van der Waals surface area contributed by atoms with Crippen LogP contribution in [0.25, 0.3) is 16.6 Å². The summed E-state index contributed by atoms with van der Waals surface area (Å²) in [5.41, 5.74) is 2.49. The largest absolute Gasteiger partial charge is 0.364 e. The summed E-state index contributed by atoms with van der Waals surface area (Å²) in [5.74, 6) is 0. The Balaban J connectivity index is 2.41. The first-order valence-corrected chi connectivity index (χ1v) is 5.32. The number of nitrogens with zero attached hydrogens (tertiary/aromatic N) is 3. The molecule has 0 aliphatic rings. The first kappa shape index (κ1) is 10.5. The minimum Gasteiger partial charge on any atom is -0.364 e. The predicted molar refractivity (Wildman–Crippen MR) is 62.7 cm³/mol. The van der Waals surface area contributed by atoms with Crippen LogP contribution in [0.3, 0.4) is 0 Å². The number of aliphatic hydroxyl groups excluding tert-OH is 1. The lowest BCUT2D eigenvalue weighted by atomic mass is 10.2. The topological polar surface area (TPSA) is 70.7 Å². The van der Waals surface area contributed by atoms with Crippen LogP contribution in [0.1, 0.15) is 11.9 Å². The Hall–Kier alpha value is -1.69. The van der Waals surface area contributed by atoms with Gasteiger partial charge >= 0.3 is 0 Å². The van der Waals surface area contributed by atoms with Gasteiger partial charge in [-0.1, -0.05) is 17.7 Å². The van der Waals surface area contributed by atoms with E-state index in [1.54, 1.807) is 35.1 Å². The molecule has 0 aliphatic carbocycles. The van der Waals surface area contributed by atoms with Gasteiger partial charge in [-0.15, -0.1) is 0 Å². The van der Waals surface area contributed by atoms with Crippen molar-refractivity contribution in [2.75, 3.05) is 0 Å². The highest BCUT2D eigenvalue weighted by Gasteiger charge is 2.09. The van der Waals surface area contributed by atoms with Crippen molar-refractivity contribution in [1.29, 1.82) is 0 Å². The van der Waals surface area contributed by atoms with Crippen molar-refractivity contribution in [3.05, 3.63) is 41.4 Å². The molecule has 0 saturated carbocycles. The molecule has 5 nitrogen and oxygen atoms in total. The Morgan fingerprint density at radius 3 is 2.82 bits per heavy atom. The van der Waals surface area contributed by atoms with E-state index in [2.05, 4.69) is 9.97 Å². The lowest BCUT2D eigenvalue weighted by molar-refractivity contribution is -0.0424. The quantitative estimate of drug-likeness (QED) is 0.642. The van der Waals surface area contributed by atoms with Gasteiger partial charge in [0.1, 0.15) is 5.52 Å². The number of halogens is 1. The van der Waals surface area contributed by atoms with Gasteiger partial charge in [-0.3, -0.25) is 4.40 Å². The molecule has 0 aliphatic heterocycles. The zero-order valence-corrected chi connectivity index (χ0v) is 9.33. The van der Waals surface area contributed by atoms with Crippen molar-refractivity contribution in [1.82, 2.24) is 14.4 Å². The van der Waals surface area contributed by atoms with Crippen molar-refractivity contribution in [3.8, 4) is 0 Å². The maximum absolute atomic E-state index is 9.10. The van der Waals surface area contributed by atoms with Gasteiger partial charge in [-0.2, -0.15) is 0 Å². The fourth-order valence-corrected chi connectivity index (χ4v) is 2.03. The summed E-state index contributed by atoms with van der Waals surface area (Å²) in [6.07, 6.45) is 1.75. The first-order chi connectivity index (χ1) is 8.16. The lowest BCUT2D eigenvalue weighted by Crippen LogP contribution is -1.97. The highest BCUT2D eigenvalue weighted by atomic mass is 35.5. The summed E-state index contributed by atoms with van der Waals surface area (Å²) in [5, 5.41) is 18.5. The number of benzene rings is 1. The molecule has 0 spiro atoms. The number of rotatable bonds is 1. The molecule has 0 radical (unpaired) electrons. The maximum Gasteiger partial charge on any atom is 0.178 e. The van der Waals surface area contributed by atoms with Crippen LogP contribution >= 0.6 is 11.6 Å². The molecule has 0 saturated heterocycles. The Morgan fingerprint density at radius 2 is 2.06 bits per heavy atom. The molecule has 86 valence electrons. The van der Waals surface area contributed by atoms with Crippen LogP contribution in [-0.2, 0) is 0 Å². The van der Waals surface area contributed by atoms with Crippen LogP contribution < -0.4 is 0 Å². The molecule has 2 aromatic heterocycles. The number of fused-ring (bicyclic) bond motifs is 3. The average Bonchev–Trinajstić information content (AvgIpc) is 2.78. The van der Waals surface area contributed by atoms with Crippen LogP contribution in [0.5, 0.6) is 0 Å².